The van der Waals surface area contributed by atoms with Gasteiger partial charge in [0.15, 0.2) is 0 Å². The second-order valence-electron chi connectivity index (χ2n) is 2.71. The van der Waals surface area contributed by atoms with Gasteiger partial charge in [-0.1, -0.05) is 0 Å². The van der Waals surface area contributed by atoms with Crippen LogP contribution in [0.1, 0.15) is 6.92 Å². The molecule has 3 N–H and O–H groups in total. The number of nitrogens with one attached hydrogen (secondary N) is 1. The van der Waals surface area contributed by atoms with E-state index in [-0.39, 0.29) is 6.54 Å². The Hall–Kier alpha value is -1.14. The van der Waals surface area contributed by atoms with E-state index in [1.807, 2.05) is 0 Å². The number of nitrogens with two attached hydrogens (primary N) is 1. The molecular weight excluding hydrogens is 188 g/mol. The quantitative estimate of drug-likeness (QED) is 0.540. The molecule has 0 aliphatic carbocycles. The molecule has 2 atom stereocenters. The number of rotatable bonds is 5. The summed E-state index contributed by atoms with van der Waals surface area (Å²) in [6, 6.07) is -0.698. The number of carbonyl (C=O) groups excluding carboxylic acids is 2. The SMILES string of the molecule is COC(=O)C(C)NC(=O)C(CN)OC. The van der Waals surface area contributed by atoms with Gasteiger partial charge in [-0.2, -0.15) is 0 Å². The number of hydrogen-bond donors (Lipinski definition) is 2. The number of carbonyl (C=O) groups is 2. The third-order valence-electron chi connectivity index (χ3n) is 1.70. The lowest BCUT2D eigenvalue weighted by Gasteiger charge is -2.16. The summed E-state index contributed by atoms with van der Waals surface area (Å²) >= 11 is 0. The highest BCUT2D eigenvalue weighted by molar-refractivity contribution is 5.86. The van der Waals surface area contributed by atoms with Crippen molar-refractivity contribution >= 4 is 11.9 Å². The van der Waals surface area contributed by atoms with Crippen LogP contribution in [-0.2, 0) is 19.1 Å². The number of methoxy groups -OCH3 is 2. The van der Waals surface area contributed by atoms with Gasteiger partial charge in [-0.05, 0) is 6.92 Å². The molecule has 1 amide bonds. The smallest absolute Gasteiger partial charge is 0.328 e. The predicted octanol–water partition coefficient (Wildman–Crippen LogP) is -1.36. The largest absolute Gasteiger partial charge is 0.467 e. The van der Waals surface area contributed by atoms with Crippen molar-refractivity contribution in [3.8, 4) is 0 Å². The van der Waals surface area contributed by atoms with E-state index in [0.29, 0.717) is 0 Å². The van der Waals surface area contributed by atoms with E-state index < -0.39 is 24.0 Å². The summed E-state index contributed by atoms with van der Waals surface area (Å²) < 4.78 is 9.22. The van der Waals surface area contributed by atoms with Gasteiger partial charge in [0.05, 0.1) is 7.11 Å². The first-order chi connectivity index (χ1) is 6.56. The van der Waals surface area contributed by atoms with Crippen LogP contribution in [0, 0.1) is 0 Å². The zero-order valence-electron chi connectivity index (χ0n) is 8.57. The number of ether oxygens (including phenoxy) is 2. The third kappa shape index (κ3) is 3.71. The van der Waals surface area contributed by atoms with E-state index in [4.69, 9.17) is 10.5 Å². The number of esters is 1. The van der Waals surface area contributed by atoms with Gasteiger partial charge in [0.25, 0.3) is 5.91 Å². The minimum Gasteiger partial charge on any atom is -0.467 e. The van der Waals surface area contributed by atoms with Crippen LogP contribution in [0.4, 0.5) is 0 Å². The molecule has 6 nitrogen and oxygen atoms in total. The van der Waals surface area contributed by atoms with Crippen molar-refractivity contribution < 1.29 is 19.1 Å². The molecule has 0 aromatic heterocycles. The Labute approximate surface area is 82.7 Å². The first kappa shape index (κ1) is 12.9. The molecule has 0 saturated heterocycles. The van der Waals surface area contributed by atoms with Gasteiger partial charge >= 0.3 is 5.97 Å². The standard InChI is InChI=1S/C8H16N2O4/c1-5(8(12)14-3)10-7(11)6(4-9)13-2/h5-6H,4,9H2,1-3H3,(H,10,11). The molecule has 0 aliphatic rings. The van der Waals surface area contributed by atoms with Crippen LogP contribution in [0.2, 0.25) is 0 Å². The fourth-order valence-electron chi connectivity index (χ4n) is 0.852. The highest BCUT2D eigenvalue weighted by Crippen LogP contribution is 1.91. The first-order valence-electron chi connectivity index (χ1n) is 4.17. The molecule has 6 heteroatoms. The van der Waals surface area contributed by atoms with Crippen LogP contribution in [-0.4, -0.2) is 44.8 Å². The van der Waals surface area contributed by atoms with E-state index in [1.54, 1.807) is 0 Å². The topological polar surface area (TPSA) is 90.7 Å². The van der Waals surface area contributed by atoms with Crippen LogP contribution < -0.4 is 11.1 Å². The molecule has 0 aromatic carbocycles. The average molecular weight is 204 g/mol. The normalized spacial score (nSPS) is 14.3. The first-order valence-corrected chi connectivity index (χ1v) is 4.17. The molecule has 0 radical (unpaired) electrons. The summed E-state index contributed by atoms with van der Waals surface area (Å²) in [5.41, 5.74) is 5.27. The lowest BCUT2D eigenvalue weighted by Crippen LogP contribution is -2.47. The maximum Gasteiger partial charge on any atom is 0.328 e. The van der Waals surface area contributed by atoms with Crippen molar-refractivity contribution in [2.45, 2.75) is 19.1 Å². The van der Waals surface area contributed by atoms with Crippen LogP contribution in [0.5, 0.6) is 0 Å². The van der Waals surface area contributed by atoms with Crippen molar-refractivity contribution in [3.05, 3.63) is 0 Å². The molecule has 0 fully saturated rings. The second kappa shape index (κ2) is 6.33. The second-order valence-corrected chi connectivity index (χ2v) is 2.71. The van der Waals surface area contributed by atoms with E-state index >= 15 is 0 Å². The van der Waals surface area contributed by atoms with E-state index in [1.165, 1.54) is 21.1 Å². The molecule has 0 bridgehead atoms. The lowest BCUT2D eigenvalue weighted by molar-refractivity contribution is -0.146. The third-order valence-corrected chi connectivity index (χ3v) is 1.70. The number of amides is 1. The van der Waals surface area contributed by atoms with Crippen LogP contribution >= 0.6 is 0 Å². The van der Waals surface area contributed by atoms with Gasteiger partial charge in [0, 0.05) is 13.7 Å². The zero-order valence-corrected chi connectivity index (χ0v) is 8.57. The van der Waals surface area contributed by atoms with Gasteiger partial charge in [-0.3, -0.25) is 4.79 Å². The summed E-state index contributed by atoms with van der Waals surface area (Å²) in [5, 5.41) is 2.41. The summed E-state index contributed by atoms with van der Waals surface area (Å²) in [7, 11) is 2.63. The monoisotopic (exact) mass is 204 g/mol. The Balaban J connectivity index is 4.10. The molecule has 82 valence electrons. The highest BCUT2D eigenvalue weighted by atomic mass is 16.5. The predicted molar refractivity (Wildman–Crippen MR) is 49.5 cm³/mol. The molecule has 0 saturated carbocycles. The summed E-state index contributed by atoms with van der Waals surface area (Å²) in [4.78, 5) is 22.2. The molecule has 14 heavy (non-hydrogen) atoms. The van der Waals surface area contributed by atoms with Gasteiger partial charge < -0.3 is 20.5 Å². The molecule has 0 aliphatic heterocycles. The van der Waals surface area contributed by atoms with Crippen molar-refractivity contribution in [1.82, 2.24) is 5.32 Å². The van der Waals surface area contributed by atoms with Gasteiger partial charge in [0.1, 0.15) is 12.1 Å². The molecular formula is C8H16N2O4. The van der Waals surface area contributed by atoms with Crippen molar-refractivity contribution in [2.75, 3.05) is 20.8 Å². The van der Waals surface area contributed by atoms with Crippen molar-refractivity contribution in [3.63, 3.8) is 0 Å². The molecule has 0 spiro atoms. The zero-order chi connectivity index (χ0) is 11.1. The van der Waals surface area contributed by atoms with Crippen LogP contribution in [0.15, 0.2) is 0 Å². The van der Waals surface area contributed by atoms with E-state index in [0.717, 1.165) is 0 Å². The Morgan fingerprint density at radius 3 is 2.36 bits per heavy atom. The Kier molecular flexibility index (Phi) is 5.82. The molecule has 0 rings (SSSR count). The van der Waals surface area contributed by atoms with E-state index in [2.05, 4.69) is 10.1 Å². The Morgan fingerprint density at radius 2 is 2.00 bits per heavy atom. The lowest BCUT2D eigenvalue weighted by atomic mass is 10.3. The van der Waals surface area contributed by atoms with Gasteiger partial charge in [-0.25, -0.2) is 4.79 Å². The van der Waals surface area contributed by atoms with Crippen molar-refractivity contribution in [2.24, 2.45) is 5.73 Å². The van der Waals surface area contributed by atoms with E-state index in [9.17, 15) is 9.59 Å². The maximum absolute atomic E-state index is 11.3. The summed E-state index contributed by atoms with van der Waals surface area (Å²) in [6.45, 7) is 1.59. The molecule has 0 aromatic rings. The summed E-state index contributed by atoms with van der Waals surface area (Å²) in [6.07, 6.45) is -0.734. The minimum atomic E-state index is -0.734. The van der Waals surface area contributed by atoms with Crippen molar-refractivity contribution in [1.29, 1.82) is 0 Å². The average Bonchev–Trinajstić information content (AvgIpc) is 2.18. The number of hydrogen-bond acceptors (Lipinski definition) is 5. The molecule has 2 unspecified atom stereocenters. The van der Waals surface area contributed by atoms with Gasteiger partial charge in [-0.15, -0.1) is 0 Å². The summed E-state index contributed by atoms with van der Waals surface area (Å²) in [5.74, 6) is -0.932. The fraction of sp³-hybridized carbons (Fsp3) is 0.750. The highest BCUT2D eigenvalue weighted by Gasteiger charge is 2.21. The molecule has 0 heterocycles. The minimum absolute atomic E-state index is 0.0657. The fourth-order valence-corrected chi connectivity index (χ4v) is 0.852. The maximum atomic E-state index is 11.3. The van der Waals surface area contributed by atoms with Crippen LogP contribution in [0.25, 0.3) is 0 Å². The Bertz CT molecular complexity index is 204. The van der Waals surface area contributed by atoms with Gasteiger partial charge in [0.2, 0.25) is 0 Å². The Morgan fingerprint density at radius 1 is 1.43 bits per heavy atom. The van der Waals surface area contributed by atoms with Crippen LogP contribution in [0.3, 0.4) is 0 Å².